The second-order valence-corrected chi connectivity index (χ2v) is 11.4. The van der Waals surface area contributed by atoms with Gasteiger partial charge in [-0.2, -0.15) is 0 Å². The van der Waals surface area contributed by atoms with Crippen molar-refractivity contribution >= 4 is 10.8 Å². The van der Waals surface area contributed by atoms with Crippen LogP contribution in [-0.2, 0) is 6.42 Å². The van der Waals surface area contributed by atoms with Crippen LogP contribution in [0.4, 0.5) is 0 Å². The first kappa shape index (κ1) is 23.8. The zero-order valence-corrected chi connectivity index (χ0v) is 21.1. The number of hydrogen-bond acceptors (Lipinski definition) is 0. The quantitative estimate of drug-likeness (QED) is 0.327. The van der Waals surface area contributed by atoms with Crippen molar-refractivity contribution in [3.63, 3.8) is 0 Å². The molecule has 2 saturated carbocycles. The standard InChI is InChI=1S/C32H48/c1-3-5-6-8-25-9-11-26(12-10-25)13-14-27-15-18-29(19-16-27)31-22-21-30-23-28(7-4-2)17-20-32(30)24-31/h17,20-27,29H,3-16,18-19H2,1-2H3. The average molecular weight is 433 g/mol. The summed E-state index contributed by atoms with van der Waals surface area (Å²) in [6.07, 6.45) is 23.1. The largest absolute Gasteiger partial charge is 0.0654 e. The second kappa shape index (κ2) is 12.2. The van der Waals surface area contributed by atoms with Gasteiger partial charge in [-0.3, -0.25) is 0 Å². The van der Waals surface area contributed by atoms with Crippen LogP contribution >= 0.6 is 0 Å². The molecule has 0 heteroatoms. The third-order valence-electron chi connectivity index (χ3n) is 8.95. The van der Waals surface area contributed by atoms with Crippen molar-refractivity contribution in [2.45, 2.75) is 122 Å². The second-order valence-electron chi connectivity index (χ2n) is 11.4. The van der Waals surface area contributed by atoms with E-state index in [9.17, 15) is 0 Å². The van der Waals surface area contributed by atoms with Gasteiger partial charge < -0.3 is 0 Å². The first-order valence-electron chi connectivity index (χ1n) is 14.3. The molecule has 0 heterocycles. The van der Waals surface area contributed by atoms with E-state index in [0.717, 1.165) is 23.7 Å². The zero-order chi connectivity index (χ0) is 22.2. The molecule has 32 heavy (non-hydrogen) atoms. The molecular weight excluding hydrogens is 384 g/mol. The van der Waals surface area contributed by atoms with Crippen LogP contribution in [0.1, 0.15) is 127 Å². The lowest BCUT2D eigenvalue weighted by molar-refractivity contribution is 0.222. The van der Waals surface area contributed by atoms with Gasteiger partial charge in [0, 0.05) is 0 Å². The third kappa shape index (κ3) is 6.61. The minimum Gasteiger partial charge on any atom is -0.0654 e. The fourth-order valence-electron chi connectivity index (χ4n) is 6.76. The first-order valence-corrected chi connectivity index (χ1v) is 14.3. The molecule has 0 N–H and O–H groups in total. The SMILES string of the molecule is CCCCCC1CCC(CCC2CCC(c3ccc4cc(CCC)ccc4c3)CC2)CC1. The fourth-order valence-corrected chi connectivity index (χ4v) is 6.76. The van der Waals surface area contributed by atoms with E-state index in [1.807, 2.05) is 0 Å². The van der Waals surface area contributed by atoms with Crippen molar-refractivity contribution in [2.24, 2.45) is 17.8 Å². The lowest BCUT2D eigenvalue weighted by Crippen LogP contribution is -2.17. The molecule has 0 radical (unpaired) electrons. The Hall–Kier alpha value is -1.30. The lowest BCUT2D eigenvalue weighted by Gasteiger charge is -2.32. The highest BCUT2D eigenvalue weighted by molar-refractivity contribution is 5.84. The zero-order valence-electron chi connectivity index (χ0n) is 21.1. The van der Waals surface area contributed by atoms with Crippen LogP contribution < -0.4 is 0 Å². The Morgan fingerprint density at radius 3 is 1.84 bits per heavy atom. The molecular formula is C32H48. The van der Waals surface area contributed by atoms with Gasteiger partial charge in [0.2, 0.25) is 0 Å². The number of rotatable bonds is 10. The van der Waals surface area contributed by atoms with Gasteiger partial charge in [-0.05, 0) is 77.7 Å². The highest BCUT2D eigenvalue weighted by atomic mass is 14.3. The van der Waals surface area contributed by atoms with Gasteiger partial charge in [0.05, 0.1) is 0 Å². The Bertz CT molecular complexity index is 802. The van der Waals surface area contributed by atoms with Gasteiger partial charge in [0.1, 0.15) is 0 Å². The molecule has 0 aromatic heterocycles. The van der Waals surface area contributed by atoms with E-state index in [0.29, 0.717) is 0 Å². The predicted octanol–water partition coefficient (Wildman–Crippen LogP) is 10.2. The fraction of sp³-hybridized carbons (Fsp3) is 0.688. The maximum absolute atomic E-state index is 2.50. The summed E-state index contributed by atoms with van der Waals surface area (Å²) in [5.41, 5.74) is 3.08. The molecule has 2 aromatic carbocycles. The van der Waals surface area contributed by atoms with E-state index in [4.69, 9.17) is 0 Å². The van der Waals surface area contributed by atoms with E-state index in [1.54, 1.807) is 5.56 Å². The van der Waals surface area contributed by atoms with E-state index >= 15 is 0 Å². The number of hydrogen-bond donors (Lipinski definition) is 0. The van der Waals surface area contributed by atoms with Crippen LogP contribution in [0, 0.1) is 17.8 Å². The molecule has 0 aliphatic heterocycles. The molecule has 2 aliphatic carbocycles. The smallest absolute Gasteiger partial charge is 0.0162 e. The van der Waals surface area contributed by atoms with Crippen LogP contribution in [0.2, 0.25) is 0 Å². The number of unbranched alkanes of at least 4 members (excludes halogenated alkanes) is 2. The Labute approximate surface area is 198 Å². The van der Waals surface area contributed by atoms with E-state index in [2.05, 4.69) is 50.2 Å². The summed E-state index contributed by atoms with van der Waals surface area (Å²) in [6.45, 7) is 4.60. The van der Waals surface area contributed by atoms with Crippen LogP contribution in [-0.4, -0.2) is 0 Å². The van der Waals surface area contributed by atoms with Crippen molar-refractivity contribution in [1.82, 2.24) is 0 Å². The monoisotopic (exact) mass is 432 g/mol. The Balaban J connectivity index is 1.19. The Kier molecular flexibility index (Phi) is 9.12. The van der Waals surface area contributed by atoms with Crippen molar-refractivity contribution in [3.8, 4) is 0 Å². The molecule has 0 spiro atoms. The van der Waals surface area contributed by atoms with E-state index < -0.39 is 0 Å². The van der Waals surface area contributed by atoms with E-state index in [1.165, 1.54) is 119 Å². The molecule has 2 fully saturated rings. The van der Waals surface area contributed by atoms with Crippen molar-refractivity contribution in [3.05, 3.63) is 47.5 Å². The normalized spacial score (nSPS) is 26.4. The molecule has 2 aromatic rings. The molecule has 0 amide bonds. The van der Waals surface area contributed by atoms with E-state index in [-0.39, 0.29) is 0 Å². The van der Waals surface area contributed by atoms with Crippen LogP contribution in [0.3, 0.4) is 0 Å². The molecule has 0 bridgehead atoms. The molecule has 0 atom stereocenters. The number of aryl methyl sites for hydroxylation is 1. The Morgan fingerprint density at radius 2 is 1.19 bits per heavy atom. The summed E-state index contributed by atoms with van der Waals surface area (Å²) in [7, 11) is 0. The molecule has 176 valence electrons. The summed E-state index contributed by atoms with van der Waals surface area (Å²) in [6, 6.07) is 14.4. The van der Waals surface area contributed by atoms with Gasteiger partial charge in [-0.25, -0.2) is 0 Å². The van der Waals surface area contributed by atoms with Gasteiger partial charge in [0.15, 0.2) is 0 Å². The molecule has 0 saturated heterocycles. The molecule has 4 rings (SSSR count). The minimum atomic E-state index is 0.796. The van der Waals surface area contributed by atoms with Crippen molar-refractivity contribution in [2.75, 3.05) is 0 Å². The predicted molar refractivity (Wildman–Crippen MR) is 141 cm³/mol. The third-order valence-corrected chi connectivity index (χ3v) is 8.95. The van der Waals surface area contributed by atoms with Gasteiger partial charge in [-0.15, -0.1) is 0 Å². The molecule has 0 nitrogen and oxygen atoms in total. The lowest BCUT2D eigenvalue weighted by atomic mass is 9.74. The molecule has 0 unspecified atom stereocenters. The number of benzene rings is 2. The molecule has 2 aliphatic rings. The average Bonchev–Trinajstić information content (AvgIpc) is 2.84. The highest BCUT2D eigenvalue weighted by Gasteiger charge is 2.25. The van der Waals surface area contributed by atoms with Crippen molar-refractivity contribution < 1.29 is 0 Å². The summed E-state index contributed by atoms with van der Waals surface area (Å²) in [5, 5.41) is 2.86. The van der Waals surface area contributed by atoms with Gasteiger partial charge in [0.25, 0.3) is 0 Å². The number of fused-ring (bicyclic) bond motifs is 1. The van der Waals surface area contributed by atoms with Gasteiger partial charge in [-0.1, -0.05) is 121 Å². The summed E-state index contributed by atoms with van der Waals surface area (Å²) >= 11 is 0. The van der Waals surface area contributed by atoms with Crippen LogP contribution in [0.5, 0.6) is 0 Å². The van der Waals surface area contributed by atoms with Crippen LogP contribution in [0.25, 0.3) is 10.8 Å². The van der Waals surface area contributed by atoms with Gasteiger partial charge >= 0.3 is 0 Å². The minimum absolute atomic E-state index is 0.796. The highest BCUT2D eigenvalue weighted by Crippen LogP contribution is 2.40. The van der Waals surface area contributed by atoms with Crippen LogP contribution in [0.15, 0.2) is 36.4 Å². The first-order chi connectivity index (χ1) is 15.7. The maximum atomic E-state index is 2.50. The summed E-state index contributed by atoms with van der Waals surface area (Å²) in [4.78, 5) is 0. The van der Waals surface area contributed by atoms with Crippen molar-refractivity contribution in [1.29, 1.82) is 0 Å². The maximum Gasteiger partial charge on any atom is -0.0162 e. The Morgan fingerprint density at radius 1 is 0.594 bits per heavy atom. The summed E-state index contributed by atoms with van der Waals surface area (Å²) in [5.74, 6) is 3.91. The summed E-state index contributed by atoms with van der Waals surface area (Å²) < 4.78 is 0. The topological polar surface area (TPSA) is 0 Å².